The van der Waals surface area contributed by atoms with Crippen LogP contribution in [0.4, 0.5) is 4.39 Å². The van der Waals surface area contributed by atoms with Gasteiger partial charge in [-0.2, -0.15) is 0 Å². The normalized spacial score (nSPS) is 25.0. The molecule has 1 atom stereocenters. The van der Waals surface area contributed by atoms with Crippen molar-refractivity contribution in [2.24, 2.45) is 0 Å². The van der Waals surface area contributed by atoms with Crippen molar-refractivity contribution in [3.05, 3.63) is 34.6 Å². The molecule has 3 rings (SSSR count). The molecule has 1 aromatic rings. The Morgan fingerprint density at radius 2 is 1.91 bits per heavy atom. The molecule has 2 aliphatic rings. The average Bonchev–Trinajstić information content (AvgIpc) is 3.00. The van der Waals surface area contributed by atoms with Gasteiger partial charge in [0.1, 0.15) is 5.82 Å². The summed E-state index contributed by atoms with van der Waals surface area (Å²) in [6.07, 6.45) is 1.19. The standard InChI is InChI=1S/C17H25ClFN3/c1-2-20-8-10-22(11-9-20)15-6-7-21(13-15)12-14-4-3-5-16(18)17(14)19/h3-5,15H,2,6-13H2,1H3. The summed E-state index contributed by atoms with van der Waals surface area (Å²) in [5, 5.41) is 0.226. The minimum absolute atomic E-state index is 0.226. The molecule has 1 aromatic carbocycles. The summed E-state index contributed by atoms with van der Waals surface area (Å²) in [6, 6.07) is 5.91. The fraction of sp³-hybridized carbons (Fsp3) is 0.647. The molecule has 0 aromatic heterocycles. The number of likely N-dealkylation sites (tertiary alicyclic amines) is 1. The monoisotopic (exact) mass is 325 g/mol. The second-order valence-electron chi connectivity index (χ2n) is 6.36. The van der Waals surface area contributed by atoms with Crippen LogP contribution in [-0.4, -0.2) is 66.6 Å². The van der Waals surface area contributed by atoms with E-state index >= 15 is 0 Å². The quantitative estimate of drug-likeness (QED) is 0.842. The zero-order chi connectivity index (χ0) is 15.5. The van der Waals surface area contributed by atoms with Gasteiger partial charge in [-0.05, 0) is 19.0 Å². The Bertz CT molecular complexity index is 503. The highest BCUT2D eigenvalue weighted by molar-refractivity contribution is 6.30. The van der Waals surface area contributed by atoms with Crippen molar-refractivity contribution < 1.29 is 4.39 Å². The van der Waals surface area contributed by atoms with Crippen molar-refractivity contribution in [1.29, 1.82) is 0 Å². The number of halogens is 2. The molecule has 3 nitrogen and oxygen atoms in total. The fourth-order valence-electron chi connectivity index (χ4n) is 3.61. The lowest BCUT2D eigenvalue weighted by Gasteiger charge is -2.37. The molecule has 0 saturated carbocycles. The lowest BCUT2D eigenvalue weighted by Crippen LogP contribution is -2.50. The zero-order valence-corrected chi connectivity index (χ0v) is 14.0. The molecule has 2 saturated heterocycles. The Labute approximate surface area is 137 Å². The molecule has 0 aliphatic carbocycles. The summed E-state index contributed by atoms with van der Waals surface area (Å²) in [4.78, 5) is 7.47. The van der Waals surface area contributed by atoms with E-state index in [2.05, 4.69) is 21.6 Å². The molecule has 0 spiro atoms. The molecule has 0 N–H and O–H groups in total. The second kappa shape index (κ2) is 7.26. The number of piperazine rings is 1. The first-order valence-electron chi connectivity index (χ1n) is 8.29. The van der Waals surface area contributed by atoms with Crippen LogP contribution in [0.3, 0.4) is 0 Å². The molecule has 2 heterocycles. The zero-order valence-electron chi connectivity index (χ0n) is 13.3. The van der Waals surface area contributed by atoms with E-state index in [4.69, 9.17) is 11.6 Å². The van der Waals surface area contributed by atoms with E-state index in [0.29, 0.717) is 18.2 Å². The van der Waals surface area contributed by atoms with Crippen molar-refractivity contribution in [2.75, 3.05) is 45.8 Å². The highest BCUT2D eigenvalue weighted by atomic mass is 35.5. The van der Waals surface area contributed by atoms with Crippen molar-refractivity contribution in [3.63, 3.8) is 0 Å². The Morgan fingerprint density at radius 3 is 2.64 bits per heavy atom. The number of rotatable bonds is 4. The van der Waals surface area contributed by atoms with Gasteiger partial charge in [0.05, 0.1) is 5.02 Å². The highest BCUT2D eigenvalue weighted by Gasteiger charge is 2.29. The molecule has 0 radical (unpaired) electrons. The Hall–Kier alpha value is -0.680. The van der Waals surface area contributed by atoms with E-state index in [0.717, 1.165) is 32.7 Å². The van der Waals surface area contributed by atoms with Gasteiger partial charge in [-0.15, -0.1) is 0 Å². The minimum Gasteiger partial charge on any atom is -0.301 e. The average molecular weight is 326 g/mol. The van der Waals surface area contributed by atoms with Crippen LogP contribution in [0.5, 0.6) is 0 Å². The molecule has 2 fully saturated rings. The van der Waals surface area contributed by atoms with Crippen LogP contribution in [0.25, 0.3) is 0 Å². The molecule has 22 heavy (non-hydrogen) atoms. The molecule has 0 bridgehead atoms. The number of benzene rings is 1. The van der Waals surface area contributed by atoms with Gasteiger partial charge in [0.15, 0.2) is 0 Å². The lowest BCUT2D eigenvalue weighted by molar-refractivity contribution is 0.101. The van der Waals surface area contributed by atoms with Crippen molar-refractivity contribution >= 4 is 11.6 Å². The van der Waals surface area contributed by atoms with Gasteiger partial charge in [0.2, 0.25) is 0 Å². The van der Waals surface area contributed by atoms with Gasteiger partial charge in [0, 0.05) is 57.4 Å². The van der Waals surface area contributed by atoms with E-state index in [1.54, 1.807) is 6.07 Å². The van der Waals surface area contributed by atoms with Gasteiger partial charge in [-0.25, -0.2) is 4.39 Å². The molecular formula is C17H25ClFN3. The van der Waals surface area contributed by atoms with Crippen LogP contribution in [-0.2, 0) is 6.54 Å². The third-order valence-electron chi connectivity index (χ3n) is 5.04. The Kier molecular flexibility index (Phi) is 5.34. The van der Waals surface area contributed by atoms with Crippen molar-refractivity contribution in [1.82, 2.24) is 14.7 Å². The summed E-state index contributed by atoms with van der Waals surface area (Å²) < 4.78 is 14.0. The maximum atomic E-state index is 14.0. The summed E-state index contributed by atoms with van der Waals surface area (Å²) >= 11 is 5.87. The third kappa shape index (κ3) is 3.62. The van der Waals surface area contributed by atoms with Crippen LogP contribution in [0.1, 0.15) is 18.9 Å². The maximum absolute atomic E-state index is 14.0. The topological polar surface area (TPSA) is 9.72 Å². The van der Waals surface area contributed by atoms with Gasteiger partial charge >= 0.3 is 0 Å². The first-order chi connectivity index (χ1) is 10.7. The van der Waals surface area contributed by atoms with Gasteiger partial charge in [-0.1, -0.05) is 30.7 Å². The number of likely N-dealkylation sites (N-methyl/N-ethyl adjacent to an activating group) is 1. The molecule has 0 amide bonds. The summed E-state index contributed by atoms with van der Waals surface area (Å²) in [6.45, 7) is 10.8. The van der Waals surface area contributed by atoms with Crippen LogP contribution < -0.4 is 0 Å². The summed E-state index contributed by atoms with van der Waals surface area (Å²) in [7, 11) is 0. The van der Waals surface area contributed by atoms with Crippen molar-refractivity contribution in [2.45, 2.75) is 25.9 Å². The second-order valence-corrected chi connectivity index (χ2v) is 6.77. The largest absolute Gasteiger partial charge is 0.301 e. The Balaban J connectivity index is 1.53. The van der Waals surface area contributed by atoms with E-state index < -0.39 is 0 Å². The van der Waals surface area contributed by atoms with E-state index in [1.807, 2.05) is 12.1 Å². The first kappa shape index (κ1) is 16.2. The summed E-state index contributed by atoms with van der Waals surface area (Å²) in [5.41, 5.74) is 0.712. The van der Waals surface area contributed by atoms with Crippen LogP contribution in [0, 0.1) is 5.82 Å². The lowest BCUT2D eigenvalue weighted by atomic mass is 10.2. The minimum atomic E-state index is -0.260. The third-order valence-corrected chi connectivity index (χ3v) is 5.34. The first-order valence-corrected chi connectivity index (χ1v) is 8.67. The predicted molar refractivity (Wildman–Crippen MR) is 88.8 cm³/mol. The van der Waals surface area contributed by atoms with E-state index in [-0.39, 0.29) is 10.8 Å². The molecular weight excluding hydrogens is 301 g/mol. The fourth-order valence-corrected chi connectivity index (χ4v) is 3.80. The van der Waals surface area contributed by atoms with E-state index in [9.17, 15) is 4.39 Å². The predicted octanol–water partition coefficient (Wildman–Crippen LogP) is 2.69. The smallest absolute Gasteiger partial charge is 0.146 e. The van der Waals surface area contributed by atoms with Crippen LogP contribution in [0.15, 0.2) is 18.2 Å². The van der Waals surface area contributed by atoms with Gasteiger partial charge < -0.3 is 4.90 Å². The van der Waals surface area contributed by atoms with E-state index in [1.165, 1.54) is 19.5 Å². The summed E-state index contributed by atoms with van der Waals surface area (Å²) in [5.74, 6) is -0.260. The van der Waals surface area contributed by atoms with Gasteiger partial charge in [-0.3, -0.25) is 9.80 Å². The number of nitrogens with zero attached hydrogens (tertiary/aromatic N) is 3. The van der Waals surface area contributed by atoms with Crippen LogP contribution >= 0.6 is 11.6 Å². The molecule has 1 unspecified atom stereocenters. The van der Waals surface area contributed by atoms with Crippen molar-refractivity contribution in [3.8, 4) is 0 Å². The molecule has 122 valence electrons. The SMILES string of the molecule is CCN1CCN(C2CCN(Cc3cccc(Cl)c3F)C2)CC1. The number of hydrogen-bond acceptors (Lipinski definition) is 3. The Morgan fingerprint density at radius 1 is 1.14 bits per heavy atom. The maximum Gasteiger partial charge on any atom is 0.146 e. The van der Waals surface area contributed by atoms with Gasteiger partial charge in [0.25, 0.3) is 0 Å². The van der Waals surface area contributed by atoms with Crippen LogP contribution in [0.2, 0.25) is 5.02 Å². The number of hydrogen-bond donors (Lipinski definition) is 0. The molecule has 2 aliphatic heterocycles. The highest BCUT2D eigenvalue weighted by Crippen LogP contribution is 2.23. The molecule has 5 heteroatoms.